The average molecular weight is 302 g/mol. The molecule has 0 saturated heterocycles. The third kappa shape index (κ3) is 4.16. The molecule has 0 bridgehead atoms. The zero-order valence-corrected chi connectivity index (χ0v) is 12.8. The van der Waals surface area contributed by atoms with Crippen LogP contribution < -0.4 is 10.6 Å². The third-order valence-electron chi connectivity index (χ3n) is 3.14. The third-order valence-corrected chi connectivity index (χ3v) is 4.01. The van der Waals surface area contributed by atoms with E-state index < -0.39 is 6.04 Å². The highest BCUT2D eigenvalue weighted by molar-refractivity contribution is 7.12. The quantitative estimate of drug-likeness (QED) is 0.892. The Labute approximate surface area is 128 Å². The van der Waals surface area contributed by atoms with E-state index in [4.69, 9.17) is 0 Å². The number of hydrogen-bond donors (Lipinski definition) is 2. The smallest absolute Gasteiger partial charge is 0.261 e. The Morgan fingerprint density at radius 3 is 2.33 bits per heavy atom. The van der Waals surface area contributed by atoms with E-state index in [2.05, 4.69) is 10.6 Å². The van der Waals surface area contributed by atoms with E-state index in [0.29, 0.717) is 4.88 Å². The highest BCUT2D eigenvalue weighted by Crippen LogP contribution is 2.11. The first-order chi connectivity index (χ1) is 10.1. The Morgan fingerprint density at radius 1 is 1.00 bits per heavy atom. The number of thiophene rings is 1. The van der Waals surface area contributed by atoms with Crippen molar-refractivity contribution in [1.29, 1.82) is 0 Å². The standard InChI is InChI=1S/C16H18N2O2S/c1-11(13-7-4-3-5-8-13)17-15(19)12(2)18-16(20)14-9-6-10-21-14/h3-12H,1-2H3,(H,17,19)(H,18,20)/t11-,12+/m0/s1. The Kier molecular flexibility index (Phi) is 5.11. The molecule has 0 saturated carbocycles. The summed E-state index contributed by atoms with van der Waals surface area (Å²) in [6.07, 6.45) is 0. The summed E-state index contributed by atoms with van der Waals surface area (Å²) in [6.45, 7) is 3.60. The minimum Gasteiger partial charge on any atom is -0.348 e. The minimum atomic E-state index is -0.578. The lowest BCUT2D eigenvalue weighted by atomic mass is 10.1. The monoisotopic (exact) mass is 302 g/mol. The molecule has 1 aromatic heterocycles. The molecule has 1 heterocycles. The van der Waals surface area contributed by atoms with Crippen LogP contribution in [0.3, 0.4) is 0 Å². The maximum absolute atomic E-state index is 12.1. The van der Waals surface area contributed by atoms with Crippen molar-refractivity contribution in [3.05, 3.63) is 58.3 Å². The van der Waals surface area contributed by atoms with Crippen molar-refractivity contribution in [2.24, 2.45) is 0 Å². The molecule has 2 atom stereocenters. The number of amides is 2. The SMILES string of the molecule is C[C@H](NC(=O)[C@@H](C)NC(=O)c1cccs1)c1ccccc1. The molecule has 2 N–H and O–H groups in total. The van der Waals surface area contributed by atoms with Gasteiger partial charge < -0.3 is 10.6 Å². The number of benzene rings is 1. The second kappa shape index (κ2) is 7.04. The summed E-state index contributed by atoms with van der Waals surface area (Å²) < 4.78 is 0. The summed E-state index contributed by atoms with van der Waals surface area (Å²) in [6, 6.07) is 12.6. The minimum absolute atomic E-state index is 0.0974. The zero-order valence-electron chi connectivity index (χ0n) is 12.0. The van der Waals surface area contributed by atoms with Gasteiger partial charge in [0.25, 0.3) is 5.91 Å². The first kappa shape index (κ1) is 15.3. The number of carbonyl (C=O) groups excluding carboxylic acids is 2. The summed E-state index contributed by atoms with van der Waals surface area (Å²) in [5.41, 5.74) is 1.03. The van der Waals surface area contributed by atoms with Gasteiger partial charge in [0, 0.05) is 0 Å². The maximum Gasteiger partial charge on any atom is 0.261 e. The van der Waals surface area contributed by atoms with Gasteiger partial charge in [0.15, 0.2) is 0 Å². The molecule has 0 aliphatic heterocycles. The molecule has 0 spiro atoms. The Bertz CT molecular complexity index is 596. The molecule has 4 nitrogen and oxygen atoms in total. The fourth-order valence-electron chi connectivity index (χ4n) is 1.90. The largest absolute Gasteiger partial charge is 0.348 e. The lowest BCUT2D eigenvalue weighted by molar-refractivity contribution is -0.123. The molecule has 0 fully saturated rings. The van der Waals surface area contributed by atoms with Crippen LogP contribution in [0.2, 0.25) is 0 Å². The van der Waals surface area contributed by atoms with Crippen LogP contribution in [0.5, 0.6) is 0 Å². The van der Waals surface area contributed by atoms with Crippen LogP contribution in [0, 0.1) is 0 Å². The fourth-order valence-corrected chi connectivity index (χ4v) is 2.53. The van der Waals surface area contributed by atoms with E-state index in [-0.39, 0.29) is 17.9 Å². The van der Waals surface area contributed by atoms with Gasteiger partial charge in [-0.05, 0) is 30.9 Å². The van der Waals surface area contributed by atoms with Crippen LogP contribution in [0.1, 0.15) is 35.1 Å². The molecule has 0 radical (unpaired) electrons. The Hall–Kier alpha value is -2.14. The van der Waals surface area contributed by atoms with Gasteiger partial charge in [0.05, 0.1) is 10.9 Å². The molecular formula is C16H18N2O2S. The van der Waals surface area contributed by atoms with Crippen molar-refractivity contribution in [2.75, 3.05) is 0 Å². The highest BCUT2D eigenvalue weighted by Gasteiger charge is 2.19. The van der Waals surface area contributed by atoms with Gasteiger partial charge in [0.2, 0.25) is 5.91 Å². The summed E-state index contributed by atoms with van der Waals surface area (Å²) in [4.78, 5) is 24.6. The van der Waals surface area contributed by atoms with Gasteiger partial charge in [-0.15, -0.1) is 11.3 Å². The van der Waals surface area contributed by atoms with E-state index >= 15 is 0 Å². The van der Waals surface area contributed by atoms with E-state index in [1.807, 2.05) is 48.7 Å². The van der Waals surface area contributed by atoms with Crippen LogP contribution in [0.4, 0.5) is 0 Å². The van der Waals surface area contributed by atoms with Gasteiger partial charge in [-0.3, -0.25) is 9.59 Å². The molecule has 110 valence electrons. The summed E-state index contributed by atoms with van der Waals surface area (Å²) in [5, 5.41) is 7.43. The predicted molar refractivity (Wildman–Crippen MR) is 84.2 cm³/mol. The van der Waals surface area contributed by atoms with E-state index in [1.54, 1.807) is 13.0 Å². The van der Waals surface area contributed by atoms with Crippen LogP contribution in [0.25, 0.3) is 0 Å². The topological polar surface area (TPSA) is 58.2 Å². The average Bonchev–Trinajstić information content (AvgIpc) is 3.02. The Balaban J connectivity index is 1.89. The second-order valence-electron chi connectivity index (χ2n) is 4.81. The number of rotatable bonds is 5. The second-order valence-corrected chi connectivity index (χ2v) is 5.76. The predicted octanol–water partition coefficient (Wildman–Crippen LogP) is 2.74. The first-order valence-electron chi connectivity index (χ1n) is 6.77. The van der Waals surface area contributed by atoms with Crippen LogP contribution in [0.15, 0.2) is 47.8 Å². The molecule has 2 aromatic rings. The number of nitrogens with one attached hydrogen (secondary N) is 2. The van der Waals surface area contributed by atoms with E-state index in [9.17, 15) is 9.59 Å². The first-order valence-corrected chi connectivity index (χ1v) is 7.65. The molecule has 0 unspecified atom stereocenters. The zero-order chi connectivity index (χ0) is 15.2. The van der Waals surface area contributed by atoms with Gasteiger partial charge in [0.1, 0.15) is 6.04 Å². The number of hydrogen-bond acceptors (Lipinski definition) is 3. The molecular weight excluding hydrogens is 284 g/mol. The molecule has 21 heavy (non-hydrogen) atoms. The molecule has 1 aromatic carbocycles. The van der Waals surface area contributed by atoms with Gasteiger partial charge >= 0.3 is 0 Å². The summed E-state index contributed by atoms with van der Waals surface area (Å²) in [5.74, 6) is -0.420. The maximum atomic E-state index is 12.1. The van der Waals surface area contributed by atoms with Gasteiger partial charge in [-0.25, -0.2) is 0 Å². The molecule has 2 rings (SSSR count). The van der Waals surface area contributed by atoms with E-state index in [1.165, 1.54) is 11.3 Å². The Morgan fingerprint density at radius 2 is 1.71 bits per heavy atom. The van der Waals surface area contributed by atoms with Gasteiger partial charge in [-0.1, -0.05) is 36.4 Å². The fraction of sp³-hybridized carbons (Fsp3) is 0.250. The van der Waals surface area contributed by atoms with Crippen molar-refractivity contribution in [3.8, 4) is 0 Å². The molecule has 5 heteroatoms. The normalized spacial score (nSPS) is 13.2. The van der Waals surface area contributed by atoms with Gasteiger partial charge in [-0.2, -0.15) is 0 Å². The lowest BCUT2D eigenvalue weighted by Gasteiger charge is -2.18. The molecule has 2 amide bonds. The van der Waals surface area contributed by atoms with Crippen LogP contribution in [-0.2, 0) is 4.79 Å². The molecule has 0 aliphatic rings. The number of carbonyl (C=O) groups is 2. The van der Waals surface area contributed by atoms with Crippen LogP contribution in [-0.4, -0.2) is 17.9 Å². The van der Waals surface area contributed by atoms with Crippen LogP contribution >= 0.6 is 11.3 Å². The van der Waals surface area contributed by atoms with E-state index in [0.717, 1.165) is 5.56 Å². The van der Waals surface area contributed by atoms with Crippen molar-refractivity contribution in [1.82, 2.24) is 10.6 Å². The van der Waals surface area contributed by atoms with Crippen molar-refractivity contribution in [2.45, 2.75) is 25.9 Å². The molecule has 0 aliphatic carbocycles. The lowest BCUT2D eigenvalue weighted by Crippen LogP contribution is -2.45. The highest BCUT2D eigenvalue weighted by atomic mass is 32.1. The summed E-state index contributed by atoms with van der Waals surface area (Å²) >= 11 is 1.35. The van der Waals surface area contributed by atoms with Crippen molar-refractivity contribution >= 4 is 23.2 Å². The van der Waals surface area contributed by atoms with Crippen molar-refractivity contribution < 1.29 is 9.59 Å². The summed E-state index contributed by atoms with van der Waals surface area (Å²) in [7, 11) is 0. The van der Waals surface area contributed by atoms with Crippen molar-refractivity contribution in [3.63, 3.8) is 0 Å².